The van der Waals surface area contributed by atoms with E-state index in [9.17, 15) is 0 Å². The maximum atomic E-state index is 5.99. The Balaban J connectivity index is 1.64. The standard InChI is InChI=1S/C17H23N3O2/c1-13-5-6-16(18-9-14-10-19-20(2)11-14)17(8-13)22-12-15-4-3-7-21-15/h5-6,8,10-11,15,18H,3-4,7,9,12H2,1-2H3/t15-/m1/s1. The highest BCUT2D eigenvalue weighted by molar-refractivity contribution is 5.57. The number of rotatable bonds is 6. The van der Waals surface area contributed by atoms with Crippen LogP contribution in [-0.2, 0) is 18.3 Å². The first-order valence-electron chi connectivity index (χ1n) is 7.77. The van der Waals surface area contributed by atoms with E-state index < -0.39 is 0 Å². The average Bonchev–Trinajstić information content (AvgIpc) is 3.15. The first kappa shape index (κ1) is 14.9. The lowest BCUT2D eigenvalue weighted by atomic mass is 10.2. The summed E-state index contributed by atoms with van der Waals surface area (Å²) in [6.45, 7) is 4.27. The molecular formula is C17H23N3O2. The molecule has 1 fully saturated rings. The molecule has 2 heterocycles. The summed E-state index contributed by atoms with van der Waals surface area (Å²) in [6, 6.07) is 6.22. The van der Waals surface area contributed by atoms with Gasteiger partial charge in [-0.05, 0) is 37.5 Å². The van der Waals surface area contributed by atoms with Gasteiger partial charge in [-0.15, -0.1) is 0 Å². The zero-order valence-electron chi connectivity index (χ0n) is 13.2. The predicted octanol–water partition coefficient (Wildman–Crippen LogP) is 2.90. The maximum Gasteiger partial charge on any atom is 0.142 e. The molecule has 0 unspecified atom stereocenters. The summed E-state index contributed by atoms with van der Waals surface area (Å²) in [6.07, 6.45) is 6.33. The molecule has 1 aliphatic heterocycles. The highest BCUT2D eigenvalue weighted by Gasteiger charge is 2.16. The van der Waals surface area contributed by atoms with Gasteiger partial charge in [0.1, 0.15) is 12.4 Å². The molecule has 1 atom stereocenters. The van der Waals surface area contributed by atoms with E-state index in [4.69, 9.17) is 9.47 Å². The van der Waals surface area contributed by atoms with Crippen LogP contribution in [0.1, 0.15) is 24.0 Å². The fraction of sp³-hybridized carbons (Fsp3) is 0.471. The highest BCUT2D eigenvalue weighted by atomic mass is 16.5. The van der Waals surface area contributed by atoms with Crippen LogP contribution >= 0.6 is 0 Å². The average molecular weight is 301 g/mol. The van der Waals surface area contributed by atoms with Gasteiger partial charge in [0.25, 0.3) is 0 Å². The van der Waals surface area contributed by atoms with Crippen molar-refractivity contribution in [2.24, 2.45) is 7.05 Å². The fourth-order valence-corrected chi connectivity index (χ4v) is 2.61. The number of ether oxygens (including phenoxy) is 2. The molecule has 5 heteroatoms. The molecule has 1 aliphatic rings. The second kappa shape index (κ2) is 6.83. The molecule has 118 valence electrons. The van der Waals surface area contributed by atoms with Crippen LogP contribution in [0, 0.1) is 6.92 Å². The summed E-state index contributed by atoms with van der Waals surface area (Å²) >= 11 is 0. The lowest BCUT2D eigenvalue weighted by Gasteiger charge is -2.16. The van der Waals surface area contributed by atoms with Gasteiger partial charge < -0.3 is 14.8 Å². The van der Waals surface area contributed by atoms with Crippen molar-refractivity contribution < 1.29 is 9.47 Å². The summed E-state index contributed by atoms with van der Waals surface area (Å²) < 4.78 is 13.4. The van der Waals surface area contributed by atoms with Crippen molar-refractivity contribution in [2.45, 2.75) is 32.4 Å². The van der Waals surface area contributed by atoms with Crippen molar-refractivity contribution in [1.29, 1.82) is 0 Å². The van der Waals surface area contributed by atoms with E-state index >= 15 is 0 Å². The van der Waals surface area contributed by atoms with E-state index in [-0.39, 0.29) is 6.10 Å². The van der Waals surface area contributed by atoms with Gasteiger partial charge in [-0.2, -0.15) is 5.10 Å². The Morgan fingerprint density at radius 1 is 1.45 bits per heavy atom. The Labute approximate surface area is 131 Å². The van der Waals surface area contributed by atoms with Crippen LogP contribution in [0.5, 0.6) is 5.75 Å². The molecule has 2 aromatic rings. The molecule has 3 rings (SSSR count). The summed E-state index contributed by atoms with van der Waals surface area (Å²) in [5.74, 6) is 0.888. The largest absolute Gasteiger partial charge is 0.489 e. The number of hydrogen-bond donors (Lipinski definition) is 1. The molecule has 0 amide bonds. The van der Waals surface area contributed by atoms with Gasteiger partial charge in [-0.25, -0.2) is 0 Å². The Morgan fingerprint density at radius 2 is 2.36 bits per heavy atom. The smallest absolute Gasteiger partial charge is 0.142 e. The summed E-state index contributed by atoms with van der Waals surface area (Å²) in [5, 5.41) is 7.61. The van der Waals surface area contributed by atoms with Crippen molar-refractivity contribution in [3.05, 3.63) is 41.7 Å². The quantitative estimate of drug-likeness (QED) is 0.891. The molecule has 1 aromatic carbocycles. The van der Waals surface area contributed by atoms with E-state index in [1.807, 2.05) is 19.4 Å². The van der Waals surface area contributed by atoms with Crippen molar-refractivity contribution in [1.82, 2.24) is 9.78 Å². The third-order valence-electron chi connectivity index (χ3n) is 3.83. The van der Waals surface area contributed by atoms with Crippen LogP contribution in [-0.4, -0.2) is 29.1 Å². The van der Waals surface area contributed by atoms with Crippen LogP contribution in [0.4, 0.5) is 5.69 Å². The van der Waals surface area contributed by atoms with Gasteiger partial charge in [0.05, 0.1) is 18.0 Å². The molecule has 0 spiro atoms. The minimum Gasteiger partial charge on any atom is -0.489 e. The molecule has 22 heavy (non-hydrogen) atoms. The Kier molecular flexibility index (Phi) is 4.63. The number of benzene rings is 1. The normalized spacial score (nSPS) is 17.6. The van der Waals surface area contributed by atoms with E-state index in [2.05, 4.69) is 35.5 Å². The van der Waals surface area contributed by atoms with Crippen LogP contribution in [0.3, 0.4) is 0 Å². The predicted molar refractivity (Wildman–Crippen MR) is 86.2 cm³/mol. The number of nitrogens with zero attached hydrogens (tertiary/aromatic N) is 2. The summed E-state index contributed by atoms with van der Waals surface area (Å²) in [5.41, 5.74) is 3.34. The first-order valence-corrected chi connectivity index (χ1v) is 7.77. The Bertz CT molecular complexity index is 618. The molecule has 0 saturated carbocycles. The second-order valence-electron chi connectivity index (χ2n) is 5.82. The van der Waals surface area contributed by atoms with Crippen molar-refractivity contribution in [3.8, 4) is 5.75 Å². The highest BCUT2D eigenvalue weighted by Crippen LogP contribution is 2.27. The Morgan fingerprint density at radius 3 is 3.09 bits per heavy atom. The van der Waals surface area contributed by atoms with Gasteiger partial charge in [0.15, 0.2) is 0 Å². The van der Waals surface area contributed by atoms with Crippen LogP contribution in [0.15, 0.2) is 30.6 Å². The summed E-state index contributed by atoms with van der Waals surface area (Å²) in [4.78, 5) is 0. The van der Waals surface area contributed by atoms with Crippen LogP contribution in [0.2, 0.25) is 0 Å². The number of nitrogens with one attached hydrogen (secondary N) is 1. The molecule has 1 aromatic heterocycles. The molecule has 0 radical (unpaired) electrons. The van der Waals surface area contributed by atoms with E-state index in [0.717, 1.165) is 43.0 Å². The zero-order valence-corrected chi connectivity index (χ0v) is 13.2. The lowest BCUT2D eigenvalue weighted by molar-refractivity contribution is 0.0682. The van der Waals surface area contributed by atoms with Gasteiger partial charge >= 0.3 is 0 Å². The van der Waals surface area contributed by atoms with Gasteiger partial charge in [0, 0.05) is 32.0 Å². The SMILES string of the molecule is Cc1ccc(NCc2cnn(C)c2)c(OC[C@H]2CCCO2)c1. The minimum absolute atomic E-state index is 0.228. The first-order chi connectivity index (χ1) is 10.7. The van der Waals surface area contributed by atoms with Crippen molar-refractivity contribution in [3.63, 3.8) is 0 Å². The number of anilines is 1. The lowest BCUT2D eigenvalue weighted by Crippen LogP contribution is -2.17. The summed E-state index contributed by atoms with van der Waals surface area (Å²) in [7, 11) is 1.92. The zero-order chi connectivity index (χ0) is 15.4. The van der Waals surface area contributed by atoms with Crippen molar-refractivity contribution in [2.75, 3.05) is 18.5 Å². The molecule has 1 N–H and O–H groups in total. The number of aryl methyl sites for hydroxylation is 2. The van der Waals surface area contributed by atoms with Gasteiger partial charge in [-0.1, -0.05) is 6.07 Å². The molecule has 5 nitrogen and oxygen atoms in total. The fourth-order valence-electron chi connectivity index (χ4n) is 2.61. The molecular weight excluding hydrogens is 278 g/mol. The number of aromatic nitrogens is 2. The van der Waals surface area contributed by atoms with Crippen LogP contribution in [0.25, 0.3) is 0 Å². The Hall–Kier alpha value is -2.01. The monoisotopic (exact) mass is 301 g/mol. The molecule has 0 bridgehead atoms. The molecule has 0 aliphatic carbocycles. The molecule has 1 saturated heterocycles. The third kappa shape index (κ3) is 3.80. The van der Waals surface area contributed by atoms with Gasteiger partial charge in [0.2, 0.25) is 0 Å². The minimum atomic E-state index is 0.228. The topological polar surface area (TPSA) is 48.3 Å². The second-order valence-corrected chi connectivity index (χ2v) is 5.82. The number of hydrogen-bond acceptors (Lipinski definition) is 4. The maximum absolute atomic E-state index is 5.99. The van der Waals surface area contributed by atoms with Crippen LogP contribution < -0.4 is 10.1 Å². The van der Waals surface area contributed by atoms with Crippen molar-refractivity contribution >= 4 is 5.69 Å². The third-order valence-corrected chi connectivity index (χ3v) is 3.83. The van der Waals surface area contributed by atoms with E-state index in [0.29, 0.717) is 6.61 Å². The van der Waals surface area contributed by atoms with Gasteiger partial charge in [-0.3, -0.25) is 4.68 Å². The van der Waals surface area contributed by atoms with E-state index in [1.165, 1.54) is 5.56 Å². The van der Waals surface area contributed by atoms with E-state index in [1.54, 1.807) is 4.68 Å².